The van der Waals surface area contributed by atoms with Crippen molar-refractivity contribution in [1.82, 2.24) is 0 Å². The summed E-state index contributed by atoms with van der Waals surface area (Å²) in [6.07, 6.45) is 0. The van der Waals surface area contributed by atoms with Crippen LogP contribution in [0.3, 0.4) is 0 Å². The molecular formula is C24H19AsClI. The quantitative estimate of drug-likeness (QED) is 0.265. The second kappa shape index (κ2) is 7.47. The van der Waals surface area contributed by atoms with Crippen molar-refractivity contribution < 1.29 is 0 Å². The Balaban J connectivity index is 2.26. The maximum absolute atomic E-state index is 8.18. The van der Waals surface area contributed by atoms with Crippen LogP contribution >= 0.6 is 32.5 Å². The van der Waals surface area contributed by atoms with Gasteiger partial charge in [-0.3, -0.25) is 0 Å². The van der Waals surface area contributed by atoms with Crippen LogP contribution in [-0.4, -0.2) is 11.5 Å². The standard InChI is InChI=1S/C24H19AsClI/c26-25(20-12-4-1-5-13-20,21-14-6-2-7-15-21,22-16-8-3-9-17-22)23-18-10-11-19-24(23)27/h1-19H. The number of rotatable bonds is 4. The van der Waals surface area contributed by atoms with Crippen LogP contribution in [0.25, 0.3) is 0 Å². The van der Waals surface area contributed by atoms with Gasteiger partial charge in [0.15, 0.2) is 0 Å². The van der Waals surface area contributed by atoms with E-state index in [1.807, 2.05) is 0 Å². The summed E-state index contributed by atoms with van der Waals surface area (Å²) in [5, 5.41) is 0. The number of halogens is 2. The molecule has 0 atom stereocenters. The molecule has 0 spiro atoms. The predicted octanol–water partition coefficient (Wildman–Crippen LogP) is 4.36. The van der Waals surface area contributed by atoms with Crippen molar-refractivity contribution in [3.63, 3.8) is 0 Å². The number of hydrogen-bond acceptors (Lipinski definition) is 0. The Morgan fingerprint density at radius 1 is 0.481 bits per heavy atom. The second-order valence-corrected chi connectivity index (χ2v) is 19.6. The van der Waals surface area contributed by atoms with Gasteiger partial charge in [0.05, 0.1) is 0 Å². The molecule has 0 saturated heterocycles. The summed E-state index contributed by atoms with van der Waals surface area (Å²) in [4.78, 5) is 0. The molecule has 27 heavy (non-hydrogen) atoms. The van der Waals surface area contributed by atoms with Crippen molar-refractivity contribution in [2.45, 2.75) is 0 Å². The van der Waals surface area contributed by atoms with Gasteiger partial charge in [-0.05, 0) is 0 Å². The van der Waals surface area contributed by atoms with E-state index in [2.05, 4.69) is 138 Å². The van der Waals surface area contributed by atoms with Crippen LogP contribution in [0.2, 0.25) is 0 Å². The summed E-state index contributed by atoms with van der Waals surface area (Å²) in [6, 6.07) is 40.5. The topological polar surface area (TPSA) is 0 Å². The van der Waals surface area contributed by atoms with E-state index in [1.54, 1.807) is 0 Å². The van der Waals surface area contributed by atoms with Gasteiger partial charge in [-0.2, -0.15) is 0 Å². The van der Waals surface area contributed by atoms with Crippen molar-refractivity contribution in [2.75, 3.05) is 0 Å². The van der Waals surface area contributed by atoms with Crippen LogP contribution in [0, 0.1) is 3.57 Å². The summed E-state index contributed by atoms with van der Waals surface area (Å²) in [7, 11) is 8.18. The van der Waals surface area contributed by atoms with Crippen molar-refractivity contribution in [2.24, 2.45) is 0 Å². The van der Waals surface area contributed by atoms with Crippen LogP contribution in [0.1, 0.15) is 0 Å². The maximum atomic E-state index is 8.18. The molecule has 3 heteroatoms. The molecule has 0 aliphatic rings. The summed E-state index contributed by atoms with van der Waals surface area (Å²) < 4.78 is 6.06. The summed E-state index contributed by atoms with van der Waals surface area (Å²) in [5.74, 6) is 0. The minimum atomic E-state index is -4.15. The molecule has 0 bridgehead atoms. The van der Waals surface area contributed by atoms with E-state index in [9.17, 15) is 0 Å². The first-order valence-corrected chi connectivity index (χ1v) is 16.1. The Labute approximate surface area is 179 Å². The Morgan fingerprint density at radius 2 is 0.815 bits per heavy atom. The molecule has 4 aromatic carbocycles. The van der Waals surface area contributed by atoms with Crippen molar-refractivity contribution >= 4 is 61.5 Å². The average molecular weight is 545 g/mol. The van der Waals surface area contributed by atoms with E-state index in [-0.39, 0.29) is 0 Å². The molecule has 0 fully saturated rings. The van der Waals surface area contributed by atoms with Gasteiger partial charge < -0.3 is 0 Å². The molecule has 0 aliphatic heterocycles. The van der Waals surface area contributed by atoms with E-state index >= 15 is 0 Å². The molecule has 0 amide bonds. The van der Waals surface area contributed by atoms with Crippen LogP contribution in [-0.2, 0) is 0 Å². The molecule has 0 radical (unpaired) electrons. The van der Waals surface area contributed by atoms with Gasteiger partial charge in [0, 0.05) is 0 Å². The first-order chi connectivity index (χ1) is 13.2. The fourth-order valence-electron chi connectivity index (χ4n) is 3.78. The molecule has 0 aliphatic carbocycles. The summed E-state index contributed by atoms with van der Waals surface area (Å²) in [5.41, 5.74) is 0. The normalized spacial score (nSPS) is 12.9. The van der Waals surface area contributed by atoms with E-state index < -0.39 is 11.5 Å². The first kappa shape index (κ1) is 18.8. The van der Waals surface area contributed by atoms with Crippen LogP contribution in [0.15, 0.2) is 115 Å². The summed E-state index contributed by atoms with van der Waals surface area (Å²) >= 11 is -1.71. The Kier molecular flexibility index (Phi) is 5.20. The van der Waals surface area contributed by atoms with Gasteiger partial charge in [-0.15, -0.1) is 0 Å². The van der Waals surface area contributed by atoms with Crippen LogP contribution < -0.4 is 17.4 Å². The molecule has 4 aromatic rings. The van der Waals surface area contributed by atoms with E-state index in [0.29, 0.717) is 0 Å². The fourth-order valence-corrected chi connectivity index (χ4v) is 19.9. The molecule has 4 rings (SSSR count). The minimum absolute atomic E-state index is 1.20. The molecule has 0 N–H and O–H groups in total. The SMILES string of the molecule is Cl[As](c1ccccc1)(c1ccccc1)(c1ccccc1)c1ccccc1I. The third kappa shape index (κ3) is 2.88. The number of benzene rings is 4. The molecule has 134 valence electrons. The van der Waals surface area contributed by atoms with E-state index in [1.165, 1.54) is 21.0 Å². The molecule has 0 nitrogen and oxygen atoms in total. The van der Waals surface area contributed by atoms with Crippen LogP contribution in [0.5, 0.6) is 0 Å². The van der Waals surface area contributed by atoms with Gasteiger partial charge >= 0.3 is 180 Å². The zero-order chi connectivity index (χ0) is 18.8. The third-order valence-corrected chi connectivity index (χ3v) is 21.6. The zero-order valence-electron chi connectivity index (χ0n) is 14.7. The number of hydrogen-bond donors (Lipinski definition) is 0. The average Bonchev–Trinajstić information content (AvgIpc) is 2.75. The van der Waals surface area contributed by atoms with Gasteiger partial charge in [-0.1, -0.05) is 0 Å². The third-order valence-electron chi connectivity index (χ3n) is 5.03. The molecule has 0 saturated carbocycles. The van der Waals surface area contributed by atoms with Gasteiger partial charge in [-0.25, -0.2) is 0 Å². The molecule has 0 unspecified atom stereocenters. The van der Waals surface area contributed by atoms with Gasteiger partial charge in [0.1, 0.15) is 0 Å². The Bertz CT molecular complexity index is 950. The van der Waals surface area contributed by atoms with E-state index in [0.717, 1.165) is 0 Å². The monoisotopic (exact) mass is 544 g/mol. The van der Waals surface area contributed by atoms with Crippen molar-refractivity contribution in [1.29, 1.82) is 0 Å². The Hall–Kier alpha value is -1.54. The van der Waals surface area contributed by atoms with Crippen LogP contribution in [0.4, 0.5) is 0 Å². The molecule has 0 heterocycles. The summed E-state index contributed by atoms with van der Waals surface area (Å²) in [6.45, 7) is 0. The Morgan fingerprint density at radius 3 is 1.19 bits per heavy atom. The molecular weight excluding hydrogens is 526 g/mol. The van der Waals surface area contributed by atoms with Crippen molar-refractivity contribution in [3.05, 3.63) is 119 Å². The van der Waals surface area contributed by atoms with Gasteiger partial charge in [0.25, 0.3) is 0 Å². The predicted molar refractivity (Wildman–Crippen MR) is 129 cm³/mol. The second-order valence-electron chi connectivity index (χ2n) is 6.47. The molecule has 0 aromatic heterocycles. The first-order valence-electron chi connectivity index (χ1n) is 8.81. The zero-order valence-corrected chi connectivity index (χ0v) is 19.5. The van der Waals surface area contributed by atoms with Crippen molar-refractivity contribution in [3.8, 4) is 0 Å². The fraction of sp³-hybridized carbons (Fsp3) is 0. The van der Waals surface area contributed by atoms with E-state index in [4.69, 9.17) is 9.95 Å². The van der Waals surface area contributed by atoms with Gasteiger partial charge in [0.2, 0.25) is 0 Å².